The van der Waals surface area contributed by atoms with Crippen LogP contribution in [-0.2, 0) is 0 Å². The normalized spacial score (nSPS) is 17.0. The van der Waals surface area contributed by atoms with Gasteiger partial charge in [0.15, 0.2) is 0 Å². The first-order valence-corrected chi connectivity index (χ1v) is 8.78. The Hall–Kier alpha value is -1.24. The highest BCUT2D eigenvalue weighted by atomic mass is 16.5. The number of allylic oxidation sites excluding steroid dienone is 2. The lowest BCUT2D eigenvalue weighted by atomic mass is 9.80. The Labute approximate surface area is 130 Å². The molecule has 0 aromatic heterocycles. The monoisotopic (exact) mass is 286 g/mol. The molecular formula is C20H30O. The number of ether oxygens (including phenoxy) is 1. The molecule has 0 amide bonds. The van der Waals surface area contributed by atoms with E-state index in [2.05, 4.69) is 44.2 Å². The van der Waals surface area contributed by atoms with E-state index in [0.717, 1.165) is 31.1 Å². The molecule has 1 nitrogen and oxygen atoms in total. The van der Waals surface area contributed by atoms with Crippen molar-refractivity contribution < 1.29 is 4.74 Å². The van der Waals surface area contributed by atoms with Gasteiger partial charge >= 0.3 is 0 Å². The summed E-state index contributed by atoms with van der Waals surface area (Å²) in [5, 5.41) is 0. The number of hydrogen-bond acceptors (Lipinski definition) is 1. The molecule has 1 aromatic carbocycles. The maximum atomic E-state index is 5.77. The van der Waals surface area contributed by atoms with Crippen molar-refractivity contribution in [2.75, 3.05) is 6.61 Å². The molecule has 0 atom stereocenters. The third kappa shape index (κ3) is 4.91. The summed E-state index contributed by atoms with van der Waals surface area (Å²) in [7, 11) is 0. The summed E-state index contributed by atoms with van der Waals surface area (Å²) >= 11 is 0. The highest BCUT2D eigenvalue weighted by Gasteiger charge is 2.18. The largest absolute Gasteiger partial charge is 0.494 e. The summed E-state index contributed by atoms with van der Waals surface area (Å²) in [6, 6.07) is 8.77. The lowest BCUT2D eigenvalue weighted by molar-refractivity contribution is 0.309. The van der Waals surface area contributed by atoms with Gasteiger partial charge in [-0.05, 0) is 54.9 Å². The fourth-order valence-corrected chi connectivity index (χ4v) is 3.23. The third-order valence-corrected chi connectivity index (χ3v) is 4.42. The quantitative estimate of drug-likeness (QED) is 0.539. The topological polar surface area (TPSA) is 9.23 Å². The van der Waals surface area contributed by atoms with Gasteiger partial charge in [-0.1, -0.05) is 57.7 Å². The van der Waals surface area contributed by atoms with Gasteiger partial charge in [-0.3, -0.25) is 0 Å². The summed E-state index contributed by atoms with van der Waals surface area (Å²) in [6.45, 7) is 5.26. The zero-order chi connectivity index (χ0) is 14.9. The van der Waals surface area contributed by atoms with E-state index >= 15 is 0 Å². The van der Waals surface area contributed by atoms with E-state index in [-0.39, 0.29) is 0 Å². The van der Waals surface area contributed by atoms with Gasteiger partial charge in [0, 0.05) is 0 Å². The molecule has 0 radical (unpaired) electrons. The van der Waals surface area contributed by atoms with Crippen LogP contribution in [0.15, 0.2) is 30.3 Å². The standard InChI is InChI=1S/C20H30O/c1-3-5-16-21-19-14-12-18(13-15-19)20(9-4-2)17-10-7-6-8-11-17/h9,12-15,17H,3-8,10-11,16H2,1-2H3. The molecule has 0 bridgehead atoms. The molecule has 0 N–H and O–H groups in total. The van der Waals surface area contributed by atoms with Crippen LogP contribution >= 0.6 is 0 Å². The molecule has 1 aliphatic carbocycles. The van der Waals surface area contributed by atoms with Crippen LogP contribution in [0.25, 0.3) is 5.57 Å². The van der Waals surface area contributed by atoms with Crippen molar-refractivity contribution in [1.82, 2.24) is 0 Å². The number of hydrogen-bond donors (Lipinski definition) is 0. The van der Waals surface area contributed by atoms with Crippen molar-refractivity contribution >= 4 is 5.57 Å². The number of unbranched alkanes of at least 4 members (excludes halogenated alkanes) is 1. The molecule has 0 heterocycles. The molecule has 0 saturated heterocycles. The molecule has 0 aliphatic heterocycles. The van der Waals surface area contributed by atoms with E-state index < -0.39 is 0 Å². The smallest absolute Gasteiger partial charge is 0.119 e. The molecule has 1 fully saturated rings. The van der Waals surface area contributed by atoms with Crippen molar-refractivity contribution in [3.8, 4) is 5.75 Å². The first kappa shape index (κ1) is 16.1. The SMILES string of the molecule is CCC=C(c1ccc(OCCCC)cc1)C1CCCCC1. The molecule has 0 spiro atoms. The molecule has 1 aromatic rings. The maximum absolute atomic E-state index is 5.77. The van der Waals surface area contributed by atoms with Crippen LogP contribution in [-0.4, -0.2) is 6.61 Å². The van der Waals surface area contributed by atoms with E-state index in [4.69, 9.17) is 4.74 Å². The zero-order valence-corrected chi connectivity index (χ0v) is 13.7. The summed E-state index contributed by atoms with van der Waals surface area (Å²) in [5.74, 6) is 1.78. The van der Waals surface area contributed by atoms with E-state index in [1.54, 1.807) is 5.57 Å². The average molecular weight is 286 g/mol. The van der Waals surface area contributed by atoms with Crippen LogP contribution in [0.2, 0.25) is 0 Å². The number of benzene rings is 1. The van der Waals surface area contributed by atoms with Crippen molar-refractivity contribution in [2.24, 2.45) is 5.92 Å². The number of rotatable bonds is 7. The van der Waals surface area contributed by atoms with Crippen LogP contribution < -0.4 is 4.74 Å². The minimum atomic E-state index is 0.769. The Morgan fingerprint density at radius 2 is 1.81 bits per heavy atom. The van der Waals surface area contributed by atoms with Gasteiger partial charge in [0.25, 0.3) is 0 Å². The van der Waals surface area contributed by atoms with Crippen LogP contribution in [0, 0.1) is 5.92 Å². The van der Waals surface area contributed by atoms with Gasteiger partial charge in [0.1, 0.15) is 5.75 Å². The first-order chi connectivity index (χ1) is 10.3. The van der Waals surface area contributed by atoms with E-state index in [1.165, 1.54) is 44.1 Å². The Bertz CT molecular complexity index is 424. The molecule has 1 heteroatoms. The van der Waals surface area contributed by atoms with Gasteiger partial charge in [-0.15, -0.1) is 0 Å². The van der Waals surface area contributed by atoms with E-state index in [0.29, 0.717) is 0 Å². The average Bonchev–Trinajstić information content (AvgIpc) is 2.54. The van der Waals surface area contributed by atoms with Gasteiger partial charge in [-0.25, -0.2) is 0 Å². The van der Waals surface area contributed by atoms with Crippen molar-refractivity contribution in [2.45, 2.75) is 65.2 Å². The first-order valence-electron chi connectivity index (χ1n) is 8.78. The predicted octanol–water partition coefficient (Wildman–Crippen LogP) is 6.24. The van der Waals surface area contributed by atoms with Crippen LogP contribution in [0.3, 0.4) is 0 Å². The Kier molecular flexibility index (Phi) is 6.85. The minimum Gasteiger partial charge on any atom is -0.494 e. The van der Waals surface area contributed by atoms with Crippen molar-refractivity contribution in [3.63, 3.8) is 0 Å². The summed E-state index contributed by atoms with van der Waals surface area (Å²) in [5.41, 5.74) is 2.96. The molecule has 21 heavy (non-hydrogen) atoms. The zero-order valence-electron chi connectivity index (χ0n) is 13.7. The van der Waals surface area contributed by atoms with Crippen molar-refractivity contribution in [3.05, 3.63) is 35.9 Å². The predicted molar refractivity (Wildman–Crippen MR) is 91.7 cm³/mol. The fraction of sp³-hybridized carbons (Fsp3) is 0.600. The summed E-state index contributed by atoms with van der Waals surface area (Å²) in [4.78, 5) is 0. The Balaban J connectivity index is 2.04. The van der Waals surface area contributed by atoms with E-state index in [9.17, 15) is 0 Å². The Morgan fingerprint density at radius 1 is 1.10 bits per heavy atom. The van der Waals surface area contributed by atoms with Crippen LogP contribution in [0.5, 0.6) is 5.75 Å². The molecule has 116 valence electrons. The van der Waals surface area contributed by atoms with Crippen LogP contribution in [0.4, 0.5) is 0 Å². The second-order valence-corrected chi connectivity index (χ2v) is 6.13. The van der Waals surface area contributed by atoms with Gasteiger partial charge in [0.2, 0.25) is 0 Å². The van der Waals surface area contributed by atoms with Gasteiger partial charge in [-0.2, -0.15) is 0 Å². The summed E-state index contributed by atoms with van der Waals surface area (Å²) < 4.78 is 5.77. The lowest BCUT2D eigenvalue weighted by Crippen LogP contribution is -2.08. The van der Waals surface area contributed by atoms with Crippen molar-refractivity contribution in [1.29, 1.82) is 0 Å². The molecule has 0 unspecified atom stereocenters. The highest BCUT2D eigenvalue weighted by Crippen LogP contribution is 2.36. The molecule has 1 saturated carbocycles. The summed E-state index contributed by atoms with van der Waals surface area (Å²) in [6.07, 6.45) is 12.8. The van der Waals surface area contributed by atoms with E-state index in [1.807, 2.05) is 0 Å². The maximum Gasteiger partial charge on any atom is 0.119 e. The van der Waals surface area contributed by atoms with Gasteiger partial charge in [0.05, 0.1) is 6.61 Å². The minimum absolute atomic E-state index is 0.769. The highest BCUT2D eigenvalue weighted by molar-refractivity contribution is 5.68. The molecular weight excluding hydrogens is 256 g/mol. The molecule has 1 aliphatic rings. The third-order valence-electron chi connectivity index (χ3n) is 4.42. The van der Waals surface area contributed by atoms with Crippen LogP contribution in [0.1, 0.15) is 70.8 Å². The Morgan fingerprint density at radius 3 is 2.43 bits per heavy atom. The second kappa shape index (κ2) is 8.92. The molecule has 2 rings (SSSR count). The second-order valence-electron chi connectivity index (χ2n) is 6.13. The lowest BCUT2D eigenvalue weighted by Gasteiger charge is -2.25. The van der Waals surface area contributed by atoms with Gasteiger partial charge < -0.3 is 4.74 Å². The fourth-order valence-electron chi connectivity index (χ4n) is 3.23.